The molecule has 164 valence electrons. The number of pyridine rings is 1. The predicted molar refractivity (Wildman–Crippen MR) is 122 cm³/mol. The minimum absolute atomic E-state index is 0.0146. The number of halogens is 2. The molecule has 1 aliphatic heterocycles. The highest BCUT2D eigenvalue weighted by Gasteiger charge is 2.28. The summed E-state index contributed by atoms with van der Waals surface area (Å²) < 4.78 is 14.8. The Hall–Kier alpha value is -3.45. The van der Waals surface area contributed by atoms with Gasteiger partial charge in [-0.05, 0) is 47.0 Å². The van der Waals surface area contributed by atoms with Crippen LogP contribution >= 0.6 is 11.6 Å². The molecule has 0 unspecified atom stereocenters. The summed E-state index contributed by atoms with van der Waals surface area (Å²) in [5, 5.41) is 3.26. The van der Waals surface area contributed by atoms with Gasteiger partial charge in [-0.2, -0.15) is 0 Å². The second kappa shape index (κ2) is 8.96. The van der Waals surface area contributed by atoms with Crippen LogP contribution in [0.3, 0.4) is 0 Å². The second-order valence-electron chi connectivity index (χ2n) is 7.88. The quantitative estimate of drug-likeness (QED) is 0.612. The molecule has 0 bridgehead atoms. The molecular weight excluding hydrogens is 431 g/mol. The number of amides is 2. The van der Waals surface area contributed by atoms with Gasteiger partial charge < -0.3 is 16.0 Å². The van der Waals surface area contributed by atoms with Gasteiger partial charge in [-0.3, -0.25) is 9.59 Å². The van der Waals surface area contributed by atoms with Crippen molar-refractivity contribution in [2.45, 2.75) is 18.9 Å². The van der Waals surface area contributed by atoms with Crippen LogP contribution in [0.5, 0.6) is 0 Å². The third kappa shape index (κ3) is 4.57. The van der Waals surface area contributed by atoms with Gasteiger partial charge in [-0.15, -0.1) is 0 Å². The van der Waals surface area contributed by atoms with Gasteiger partial charge in [-0.25, -0.2) is 9.37 Å². The Balaban J connectivity index is 1.53. The van der Waals surface area contributed by atoms with Crippen LogP contribution in [-0.2, 0) is 11.3 Å². The number of anilines is 1. The molecule has 0 aliphatic carbocycles. The Kier molecular flexibility index (Phi) is 6.10. The molecule has 1 aliphatic rings. The van der Waals surface area contributed by atoms with E-state index >= 15 is 0 Å². The van der Waals surface area contributed by atoms with Crippen molar-refractivity contribution in [3.05, 3.63) is 82.3 Å². The van der Waals surface area contributed by atoms with E-state index in [4.69, 9.17) is 17.3 Å². The Labute approximate surface area is 190 Å². The van der Waals surface area contributed by atoms with E-state index in [1.54, 1.807) is 42.4 Å². The highest BCUT2D eigenvalue weighted by molar-refractivity contribution is 6.30. The molecule has 6 nitrogen and oxygen atoms in total. The van der Waals surface area contributed by atoms with Crippen molar-refractivity contribution in [3.8, 4) is 11.1 Å². The second-order valence-corrected chi connectivity index (χ2v) is 8.32. The fourth-order valence-corrected chi connectivity index (χ4v) is 4.04. The average Bonchev–Trinajstić information content (AvgIpc) is 3.10. The van der Waals surface area contributed by atoms with Crippen LogP contribution in [0.1, 0.15) is 33.8 Å². The van der Waals surface area contributed by atoms with Crippen LogP contribution in [0, 0.1) is 5.82 Å². The molecule has 3 N–H and O–H groups in total. The monoisotopic (exact) mass is 452 g/mol. The zero-order valence-corrected chi connectivity index (χ0v) is 18.2. The molecule has 0 spiro atoms. The highest BCUT2D eigenvalue weighted by atomic mass is 35.5. The first-order valence-electron chi connectivity index (χ1n) is 10.1. The zero-order chi connectivity index (χ0) is 22.8. The number of hydrogen-bond acceptors (Lipinski definition) is 4. The molecule has 0 saturated carbocycles. The van der Waals surface area contributed by atoms with Crippen LogP contribution in [0.15, 0.2) is 54.7 Å². The van der Waals surface area contributed by atoms with Crippen molar-refractivity contribution in [1.82, 2.24) is 15.2 Å². The maximum absolute atomic E-state index is 14.8. The minimum Gasteiger partial charge on any atom is -0.383 e. The maximum atomic E-state index is 14.8. The first kappa shape index (κ1) is 21.8. The van der Waals surface area contributed by atoms with E-state index in [0.29, 0.717) is 29.1 Å². The Morgan fingerprint density at radius 1 is 1.28 bits per heavy atom. The summed E-state index contributed by atoms with van der Waals surface area (Å²) in [4.78, 5) is 30.3. The number of nitrogens with zero attached hydrogens (tertiary/aromatic N) is 2. The molecule has 2 amide bonds. The van der Waals surface area contributed by atoms with Gasteiger partial charge in [0, 0.05) is 49.3 Å². The number of carbonyl (C=O) groups is 2. The van der Waals surface area contributed by atoms with Gasteiger partial charge in [0.2, 0.25) is 5.91 Å². The summed E-state index contributed by atoms with van der Waals surface area (Å²) in [7, 11) is 1.76. The molecule has 32 heavy (non-hydrogen) atoms. The largest absolute Gasteiger partial charge is 0.383 e. The van der Waals surface area contributed by atoms with Crippen molar-refractivity contribution in [1.29, 1.82) is 0 Å². The number of nitrogen functional groups attached to an aromatic ring is 1. The van der Waals surface area contributed by atoms with E-state index < -0.39 is 11.7 Å². The van der Waals surface area contributed by atoms with Crippen LogP contribution in [0.4, 0.5) is 10.2 Å². The SMILES string of the molecule is CN1C[C@H](c2cnc(N)c(-c3ccc(C(=O)NCc4cccc(Cl)c4)c(F)c3)c2)CC1=O. The van der Waals surface area contributed by atoms with E-state index in [2.05, 4.69) is 10.3 Å². The fourth-order valence-electron chi connectivity index (χ4n) is 3.82. The van der Waals surface area contributed by atoms with Gasteiger partial charge in [0.15, 0.2) is 0 Å². The number of rotatable bonds is 5. The number of nitrogens with one attached hydrogen (secondary N) is 1. The lowest BCUT2D eigenvalue weighted by Crippen LogP contribution is -2.23. The number of nitrogens with two attached hydrogens (primary N) is 1. The van der Waals surface area contributed by atoms with E-state index in [0.717, 1.165) is 11.1 Å². The average molecular weight is 453 g/mol. The van der Waals surface area contributed by atoms with Gasteiger partial charge >= 0.3 is 0 Å². The van der Waals surface area contributed by atoms with Gasteiger partial charge in [0.05, 0.1) is 5.56 Å². The molecule has 2 aromatic carbocycles. The number of hydrogen-bond donors (Lipinski definition) is 2. The molecule has 1 aromatic heterocycles. The number of likely N-dealkylation sites (N-methyl/N-ethyl adjacent to an activating group) is 1. The number of carbonyl (C=O) groups excluding carboxylic acids is 2. The summed E-state index contributed by atoms with van der Waals surface area (Å²) in [5.74, 6) is -0.842. The standard InChI is InChI=1S/C24H22ClFN4O2/c1-30-13-17(10-22(30)31)16-8-20(23(27)28-12-16)15-5-6-19(21(26)9-15)24(32)29-11-14-3-2-4-18(25)7-14/h2-9,12,17H,10-11,13H2,1H3,(H2,27,28)(H,29,32)/t17-/m1/s1. The molecule has 1 fully saturated rings. The van der Waals surface area contributed by atoms with E-state index in [1.165, 1.54) is 12.1 Å². The summed E-state index contributed by atoms with van der Waals surface area (Å²) in [6, 6.07) is 13.3. The fraction of sp³-hybridized carbons (Fsp3) is 0.208. The summed E-state index contributed by atoms with van der Waals surface area (Å²) in [6.07, 6.45) is 2.06. The summed E-state index contributed by atoms with van der Waals surface area (Å²) >= 11 is 5.95. The molecule has 2 heterocycles. The molecule has 4 rings (SSSR count). The first-order valence-corrected chi connectivity index (χ1v) is 10.5. The molecule has 8 heteroatoms. The third-order valence-electron chi connectivity index (χ3n) is 5.62. The Bertz CT molecular complexity index is 1200. The topological polar surface area (TPSA) is 88.3 Å². The number of benzene rings is 2. The lowest BCUT2D eigenvalue weighted by Gasteiger charge is -2.14. The van der Waals surface area contributed by atoms with Gasteiger partial charge in [-0.1, -0.05) is 29.8 Å². The van der Waals surface area contributed by atoms with Crippen LogP contribution in [0.25, 0.3) is 11.1 Å². The van der Waals surface area contributed by atoms with E-state index in [9.17, 15) is 14.0 Å². The van der Waals surface area contributed by atoms with Gasteiger partial charge in [0.25, 0.3) is 5.91 Å². The smallest absolute Gasteiger partial charge is 0.254 e. The Morgan fingerprint density at radius 3 is 2.78 bits per heavy atom. The van der Waals surface area contributed by atoms with Crippen molar-refractivity contribution in [3.63, 3.8) is 0 Å². The lowest BCUT2D eigenvalue weighted by atomic mass is 9.95. The van der Waals surface area contributed by atoms with Crippen molar-refractivity contribution < 1.29 is 14.0 Å². The Morgan fingerprint density at radius 2 is 2.09 bits per heavy atom. The van der Waals surface area contributed by atoms with Gasteiger partial charge in [0.1, 0.15) is 11.6 Å². The summed E-state index contributed by atoms with van der Waals surface area (Å²) in [5.41, 5.74) is 8.74. The van der Waals surface area contributed by atoms with Crippen LogP contribution in [-0.4, -0.2) is 35.3 Å². The zero-order valence-electron chi connectivity index (χ0n) is 17.4. The van der Waals surface area contributed by atoms with Crippen LogP contribution < -0.4 is 11.1 Å². The minimum atomic E-state index is -0.660. The normalized spacial score (nSPS) is 15.8. The van der Waals surface area contributed by atoms with Crippen molar-refractivity contribution >= 4 is 29.2 Å². The van der Waals surface area contributed by atoms with Crippen LogP contribution in [0.2, 0.25) is 5.02 Å². The third-order valence-corrected chi connectivity index (χ3v) is 5.85. The first-order chi connectivity index (χ1) is 15.3. The van der Waals surface area contributed by atoms with Crippen molar-refractivity contribution in [2.24, 2.45) is 0 Å². The van der Waals surface area contributed by atoms with E-state index in [-0.39, 0.29) is 29.8 Å². The highest BCUT2D eigenvalue weighted by Crippen LogP contribution is 2.32. The molecular formula is C24H22ClFN4O2. The number of aromatic nitrogens is 1. The summed E-state index contributed by atoms with van der Waals surface area (Å²) in [6.45, 7) is 0.831. The number of likely N-dealkylation sites (tertiary alicyclic amines) is 1. The molecule has 1 saturated heterocycles. The maximum Gasteiger partial charge on any atom is 0.254 e. The molecule has 3 aromatic rings. The predicted octanol–water partition coefficient (Wildman–Crippen LogP) is 4.00. The lowest BCUT2D eigenvalue weighted by molar-refractivity contribution is -0.126. The van der Waals surface area contributed by atoms with E-state index in [1.807, 2.05) is 12.1 Å². The van der Waals surface area contributed by atoms with Crippen molar-refractivity contribution in [2.75, 3.05) is 19.3 Å². The molecule has 0 radical (unpaired) electrons. The molecule has 1 atom stereocenters.